The van der Waals surface area contributed by atoms with Crippen LogP contribution >= 0.6 is 23.4 Å². The number of para-hydroxylation sites is 3. The molecule has 2 heterocycles. The van der Waals surface area contributed by atoms with Crippen LogP contribution in [-0.2, 0) is 19.3 Å². The Morgan fingerprint density at radius 2 is 1.76 bits per heavy atom. The first kappa shape index (κ1) is 22.3. The summed E-state index contributed by atoms with van der Waals surface area (Å²) in [7, 11) is 1.52. The topological polar surface area (TPSA) is 79.0 Å². The number of benzene rings is 3. The first-order valence-corrected chi connectivity index (χ1v) is 11.9. The van der Waals surface area contributed by atoms with E-state index in [-0.39, 0.29) is 30.0 Å². The highest BCUT2D eigenvalue weighted by Gasteiger charge is 2.61. The van der Waals surface area contributed by atoms with Crippen LogP contribution < -0.4 is 19.9 Å². The number of hydrogen-bond acceptors (Lipinski definition) is 5. The molecule has 172 valence electrons. The Morgan fingerprint density at radius 3 is 2.53 bits per heavy atom. The number of thioether (sulfide) groups is 1. The molecule has 0 radical (unpaired) electrons. The van der Waals surface area contributed by atoms with Crippen molar-refractivity contribution in [3.05, 3.63) is 83.4 Å². The van der Waals surface area contributed by atoms with Gasteiger partial charge in [0.25, 0.3) is 5.91 Å². The van der Waals surface area contributed by atoms with Gasteiger partial charge in [0.1, 0.15) is 12.3 Å². The van der Waals surface area contributed by atoms with Crippen LogP contribution in [0.5, 0.6) is 5.75 Å². The summed E-state index contributed by atoms with van der Waals surface area (Å²) in [6.07, 6.45) is 0. The van der Waals surface area contributed by atoms with Gasteiger partial charge in [-0.1, -0.05) is 41.9 Å². The van der Waals surface area contributed by atoms with E-state index >= 15 is 0 Å². The molecule has 1 atom stereocenters. The Morgan fingerprint density at radius 1 is 1.06 bits per heavy atom. The number of methoxy groups -OCH3 is 1. The molecule has 9 heteroatoms. The highest BCUT2D eigenvalue weighted by Crippen LogP contribution is 2.55. The molecule has 0 unspecified atom stereocenters. The summed E-state index contributed by atoms with van der Waals surface area (Å²) in [5.74, 6) is -0.238. The SMILES string of the molecule is COc1ccccc1NC(=O)CN1C(=O)[C@@]2(SCC(=O)N2c2ccc(Cl)cc2)c2ccccc21. The minimum absolute atomic E-state index is 0.143. The van der Waals surface area contributed by atoms with Crippen molar-refractivity contribution in [3.63, 3.8) is 0 Å². The van der Waals surface area contributed by atoms with E-state index in [4.69, 9.17) is 16.3 Å². The molecule has 2 aliphatic rings. The monoisotopic (exact) mass is 493 g/mol. The molecule has 0 bridgehead atoms. The molecule has 3 amide bonds. The van der Waals surface area contributed by atoms with Crippen molar-refractivity contribution >= 4 is 58.1 Å². The van der Waals surface area contributed by atoms with Crippen molar-refractivity contribution in [3.8, 4) is 5.75 Å². The van der Waals surface area contributed by atoms with E-state index in [2.05, 4.69) is 5.32 Å². The quantitative estimate of drug-likeness (QED) is 0.574. The van der Waals surface area contributed by atoms with Crippen LogP contribution in [0.4, 0.5) is 17.1 Å². The van der Waals surface area contributed by atoms with E-state index in [1.165, 1.54) is 28.7 Å². The predicted molar refractivity (Wildman–Crippen MR) is 133 cm³/mol. The van der Waals surface area contributed by atoms with Gasteiger partial charge in [0.2, 0.25) is 16.7 Å². The largest absolute Gasteiger partial charge is 0.495 e. The Hall–Kier alpha value is -3.49. The maximum Gasteiger partial charge on any atom is 0.269 e. The minimum Gasteiger partial charge on any atom is -0.495 e. The Kier molecular flexibility index (Phi) is 5.71. The summed E-state index contributed by atoms with van der Waals surface area (Å²) in [4.78, 5) is 41.7. The van der Waals surface area contributed by atoms with Crippen LogP contribution in [0.15, 0.2) is 72.8 Å². The molecule has 1 saturated heterocycles. The van der Waals surface area contributed by atoms with Gasteiger partial charge >= 0.3 is 0 Å². The van der Waals surface area contributed by atoms with Crippen molar-refractivity contribution in [2.75, 3.05) is 34.5 Å². The van der Waals surface area contributed by atoms with Gasteiger partial charge in [-0.05, 0) is 42.5 Å². The molecule has 0 saturated carbocycles. The second-order valence-electron chi connectivity index (χ2n) is 7.80. The van der Waals surface area contributed by atoms with Crippen LogP contribution in [0.25, 0.3) is 0 Å². The first-order chi connectivity index (χ1) is 16.5. The summed E-state index contributed by atoms with van der Waals surface area (Å²) in [6, 6.07) is 21.1. The first-order valence-electron chi connectivity index (χ1n) is 10.5. The zero-order valence-electron chi connectivity index (χ0n) is 18.2. The maximum atomic E-state index is 14.0. The Bertz CT molecular complexity index is 1300. The van der Waals surface area contributed by atoms with Gasteiger partial charge in [-0.25, -0.2) is 0 Å². The van der Waals surface area contributed by atoms with Gasteiger partial charge in [-0.3, -0.25) is 24.2 Å². The van der Waals surface area contributed by atoms with E-state index in [0.29, 0.717) is 33.4 Å². The molecule has 3 aromatic rings. The summed E-state index contributed by atoms with van der Waals surface area (Å²) in [5, 5.41) is 3.35. The van der Waals surface area contributed by atoms with E-state index < -0.39 is 4.87 Å². The standard InChI is InChI=1S/C25H20ClN3O4S/c1-33-21-9-5-3-7-19(21)27-22(30)14-28-20-8-4-2-6-18(20)25(24(28)32)29(23(31)15-34-25)17-12-10-16(26)11-13-17/h2-13H,14-15H2,1H3,(H,27,30)/t25-/m0/s1. The lowest BCUT2D eigenvalue weighted by Gasteiger charge is -2.33. The molecule has 1 fully saturated rings. The number of carbonyl (C=O) groups excluding carboxylic acids is 3. The van der Waals surface area contributed by atoms with E-state index in [9.17, 15) is 14.4 Å². The third-order valence-electron chi connectivity index (χ3n) is 5.83. The molecule has 0 aliphatic carbocycles. The fraction of sp³-hybridized carbons (Fsp3) is 0.160. The zero-order valence-corrected chi connectivity index (χ0v) is 19.7. The van der Waals surface area contributed by atoms with Crippen molar-refractivity contribution < 1.29 is 19.1 Å². The van der Waals surface area contributed by atoms with E-state index in [1.54, 1.807) is 54.6 Å². The predicted octanol–water partition coefficient (Wildman–Crippen LogP) is 4.27. The molecular formula is C25H20ClN3O4S. The number of nitrogens with one attached hydrogen (secondary N) is 1. The number of nitrogens with zero attached hydrogens (tertiary/aromatic N) is 2. The van der Waals surface area contributed by atoms with Gasteiger partial charge in [0, 0.05) is 16.3 Å². The molecule has 2 aliphatic heterocycles. The third-order valence-corrected chi connectivity index (χ3v) is 7.47. The van der Waals surface area contributed by atoms with Crippen LogP contribution in [0.3, 0.4) is 0 Å². The molecule has 7 nitrogen and oxygen atoms in total. The third kappa shape index (κ3) is 3.50. The second-order valence-corrected chi connectivity index (χ2v) is 9.40. The number of fused-ring (bicyclic) bond motifs is 2. The number of halogens is 1. The molecule has 1 N–H and O–H groups in total. The summed E-state index contributed by atoms with van der Waals surface area (Å²) in [6.45, 7) is -0.209. The summed E-state index contributed by atoms with van der Waals surface area (Å²) < 4.78 is 5.30. The van der Waals surface area contributed by atoms with Crippen LogP contribution in [-0.4, -0.2) is 37.1 Å². The fourth-order valence-electron chi connectivity index (χ4n) is 4.38. The second kappa shape index (κ2) is 8.70. The van der Waals surface area contributed by atoms with Crippen molar-refractivity contribution in [2.45, 2.75) is 4.87 Å². The molecular weight excluding hydrogens is 474 g/mol. The average molecular weight is 494 g/mol. The van der Waals surface area contributed by atoms with E-state index in [0.717, 1.165) is 0 Å². The molecule has 3 aromatic carbocycles. The van der Waals surface area contributed by atoms with Crippen LogP contribution in [0.1, 0.15) is 5.56 Å². The van der Waals surface area contributed by atoms with Gasteiger partial charge in [0.15, 0.2) is 0 Å². The van der Waals surface area contributed by atoms with Gasteiger partial charge in [0.05, 0.1) is 24.2 Å². The fourth-order valence-corrected chi connectivity index (χ4v) is 5.87. The normalized spacial score (nSPS) is 19.0. The number of amides is 3. The highest BCUT2D eigenvalue weighted by molar-refractivity contribution is 8.02. The number of rotatable bonds is 5. The maximum absolute atomic E-state index is 14.0. The number of hydrogen-bond donors (Lipinski definition) is 1. The summed E-state index contributed by atoms with van der Waals surface area (Å²) >= 11 is 7.31. The van der Waals surface area contributed by atoms with Crippen molar-refractivity contribution in [2.24, 2.45) is 0 Å². The number of anilines is 3. The number of ether oxygens (including phenoxy) is 1. The Balaban J connectivity index is 1.51. The van der Waals surface area contributed by atoms with Crippen molar-refractivity contribution in [1.29, 1.82) is 0 Å². The lowest BCUT2D eigenvalue weighted by atomic mass is 10.0. The summed E-state index contributed by atoms with van der Waals surface area (Å²) in [5.41, 5.74) is 2.36. The minimum atomic E-state index is -1.29. The zero-order chi connectivity index (χ0) is 23.9. The van der Waals surface area contributed by atoms with Gasteiger partial charge in [-0.2, -0.15) is 0 Å². The van der Waals surface area contributed by atoms with E-state index in [1.807, 2.05) is 18.2 Å². The molecule has 5 rings (SSSR count). The van der Waals surface area contributed by atoms with Crippen LogP contribution in [0, 0.1) is 0 Å². The smallest absolute Gasteiger partial charge is 0.269 e. The van der Waals surface area contributed by atoms with Gasteiger partial charge < -0.3 is 10.1 Å². The van der Waals surface area contributed by atoms with Crippen molar-refractivity contribution in [1.82, 2.24) is 0 Å². The number of carbonyl (C=O) groups is 3. The van der Waals surface area contributed by atoms with Gasteiger partial charge in [-0.15, -0.1) is 11.8 Å². The van der Waals surface area contributed by atoms with Crippen LogP contribution in [0.2, 0.25) is 5.02 Å². The average Bonchev–Trinajstić information content (AvgIpc) is 3.31. The lowest BCUT2D eigenvalue weighted by Crippen LogP contribution is -2.50. The molecule has 1 spiro atoms. The molecule has 34 heavy (non-hydrogen) atoms. The Labute approximate surface area is 205 Å². The molecule has 0 aromatic heterocycles. The lowest BCUT2D eigenvalue weighted by molar-refractivity contribution is -0.124. The highest BCUT2D eigenvalue weighted by atomic mass is 35.5.